The zero-order valence-electron chi connectivity index (χ0n) is 18.1. The van der Waals surface area contributed by atoms with E-state index >= 15 is 0 Å². The molecule has 0 saturated carbocycles. The summed E-state index contributed by atoms with van der Waals surface area (Å²) in [5.74, 6) is 0. The van der Waals surface area contributed by atoms with Crippen LogP contribution in [0.5, 0.6) is 0 Å². The Bertz CT molecular complexity index is 837. The molecule has 1 heteroatoms. The number of benzene rings is 3. The molecule has 3 aromatic rings. The highest BCUT2D eigenvalue weighted by molar-refractivity contribution is 6.02. The third kappa shape index (κ3) is 6.63. The molecule has 0 radical (unpaired) electrons. The average molecular weight is 388 g/mol. The van der Waals surface area contributed by atoms with Crippen LogP contribution in [0.4, 0.5) is 5.69 Å². The molecule has 0 atom stereocenters. The molecule has 154 valence electrons. The summed E-state index contributed by atoms with van der Waals surface area (Å²) in [6.07, 6.45) is 13.8. The molecule has 1 nitrogen and oxygen atoms in total. The first-order chi connectivity index (χ1) is 14.4. The van der Waals surface area contributed by atoms with Crippen molar-refractivity contribution in [3.05, 3.63) is 66.7 Å². The van der Waals surface area contributed by atoms with Crippen molar-refractivity contribution in [2.75, 3.05) is 11.9 Å². The van der Waals surface area contributed by atoms with Crippen molar-refractivity contribution >= 4 is 16.5 Å². The van der Waals surface area contributed by atoms with E-state index in [4.69, 9.17) is 0 Å². The second-order valence-electron chi connectivity index (χ2n) is 8.18. The molecule has 0 aliphatic heterocycles. The number of unbranched alkanes of at least 4 members (excludes halogenated alkanes) is 9. The number of hydrogen-bond acceptors (Lipinski definition) is 1. The van der Waals surface area contributed by atoms with E-state index in [1.165, 1.54) is 91.8 Å². The predicted molar refractivity (Wildman–Crippen MR) is 130 cm³/mol. The highest BCUT2D eigenvalue weighted by atomic mass is 14.9. The molecule has 0 aliphatic carbocycles. The Kier molecular flexibility index (Phi) is 9.10. The van der Waals surface area contributed by atoms with E-state index in [-0.39, 0.29) is 0 Å². The summed E-state index contributed by atoms with van der Waals surface area (Å²) in [5.41, 5.74) is 3.87. The van der Waals surface area contributed by atoms with Crippen LogP contribution in [-0.4, -0.2) is 6.54 Å². The fourth-order valence-corrected chi connectivity index (χ4v) is 4.17. The van der Waals surface area contributed by atoms with E-state index in [2.05, 4.69) is 79.0 Å². The molecule has 0 amide bonds. The van der Waals surface area contributed by atoms with E-state index in [1.54, 1.807) is 0 Å². The van der Waals surface area contributed by atoms with Crippen LogP contribution in [0, 0.1) is 0 Å². The molecule has 0 aliphatic rings. The lowest BCUT2D eigenvalue weighted by Crippen LogP contribution is -2.03. The van der Waals surface area contributed by atoms with Crippen molar-refractivity contribution in [2.24, 2.45) is 0 Å². The van der Waals surface area contributed by atoms with Crippen LogP contribution >= 0.6 is 0 Å². The standard InChI is InChI=1S/C28H37N/c1-2-3-4-5-6-7-8-9-10-16-23-29-27-22-21-24-17-14-15-20-26(24)28(27)25-18-12-11-13-19-25/h11-15,17-22,29H,2-10,16,23H2,1H3. The first kappa shape index (κ1) is 21.4. The van der Waals surface area contributed by atoms with E-state index in [0.717, 1.165) is 6.54 Å². The van der Waals surface area contributed by atoms with E-state index in [9.17, 15) is 0 Å². The van der Waals surface area contributed by atoms with Gasteiger partial charge in [0.15, 0.2) is 0 Å². The molecule has 29 heavy (non-hydrogen) atoms. The highest BCUT2D eigenvalue weighted by Crippen LogP contribution is 2.35. The number of fused-ring (bicyclic) bond motifs is 1. The van der Waals surface area contributed by atoms with E-state index in [1.807, 2.05) is 0 Å². The van der Waals surface area contributed by atoms with Crippen LogP contribution in [0.3, 0.4) is 0 Å². The number of rotatable bonds is 13. The lowest BCUT2D eigenvalue weighted by molar-refractivity contribution is 0.560. The molecule has 0 heterocycles. The summed E-state index contributed by atoms with van der Waals surface area (Å²) in [5, 5.41) is 6.36. The molecular weight excluding hydrogens is 350 g/mol. The second-order valence-corrected chi connectivity index (χ2v) is 8.18. The molecule has 3 aromatic carbocycles. The number of anilines is 1. The van der Waals surface area contributed by atoms with Gasteiger partial charge in [-0.05, 0) is 28.8 Å². The average Bonchev–Trinajstić information content (AvgIpc) is 2.77. The fraction of sp³-hybridized carbons (Fsp3) is 0.429. The Balaban J connectivity index is 1.49. The summed E-state index contributed by atoms with van der Waals surface area (Å²) in [6, 6.07) is 24.0. The van der Waals surface area contributed by atoms with Gasteiger partial charge >= 0.3 is 0 Å². The zero-order chi connectivity index (χ0) is 20.2. The third-order valence-electron chi connectivity index (χ3n) is 5.84. The van der Waals surface area contributed by atoms with Crippen molar-refractivity contribution in [3.8, 4) is 11.1 Å². The van der Waals surface area contributed by atoms with Gasteiger partial charge in [-0.2, -0.15) is 0 Å². The van der Waals surface area contributed by atoms with Gasteiger partial charge in [0.05, 0.1) is 0 Å². The lowest BCUT2D eigenvalue weighted by Gasteiger charge is -2.15. The van der Waals surface area contributed by atoms with Gasteiger partial charge in [-0.15, -0.1) is 0 Å². The van der Waals surface area contributed by atoms with Crippen LogP contribution in [-0.2, 0) is 0 Å². The van der Waals surface area contributed by atoms with Gasteiger partial charge in [-0.1, -0.05) is 125 Å². The topological polar surface area (TPSA) is 12.0 Å². The van der Waals surface area contributed by atoms with Gasteiger partial charge in [-0.25, -0.2) is 0 Å². The molecule has 0 bridgehead atoms. The highest BCUT2D eigenvalue weighted by Gasteiger charge is 2.09. The largest absolute Gasteiger partial charge is 0.385 e. The maximum absolute atomic E-state index is 3.73. The zero-order valence-corrected chi connectivity index (χ0v) is 18.1. The van der Waals surface area contributed by atoms with Gasteiger partial charge < -0.3 is 5.32 Å². The van der Waals surface area contributed by atoms with Gasteiger partial charge in [-0.3, -0.25) is 0 Å². The van der Waals surface area contributed by atoms with Gasteiger partial charge in [0, 0.05) is 17.8 Å². The van der Waals surface area contributed by atoms with E-state index < -0.39 is 0 Å². The SMILES string of the molecule is CCCCCCCCCCCCNc1ccc2ccccc2c1-c1ccccc1. The molecule has 0 spiro atoms. The summed E-state index contributed by atoms with van der Waals surface area (Å²) in [6.45, 7) is 3.34. The molecular formula is C28H37N. The smallest absolute Gasteiger partial charge is 0.0426 e. The van der Waals surface area contributed by atoms with Crippen LogP contribution in [0.1, 0.15) is 71.1 Å². The van der Waals surface area contributed by atoms with Crippen molar-refractivity contribution in [2.45, 2.75) is 71.1 Å². The first-order valence-electron chi connectivity index (χ1n) is 11.7. The Labute approximate surface area is 177 Å². The molecule has 0 unspecified atom stereocenters. The Hall–Kier alpha value is -2.28. The first-order valence-corrected chi connectivity index (χ1v) is 11.7. The summed E-state index contributed by atoms with van der Waals surface area (Å²) < 4.78 is 0. The van der Waals surface area contributed by atoms with Crippen LogP contribution in [0.2, 0.25) is 0 Å². The second kappa shape index (κ2) is 12.3. The maximum Gasteiger partial charge on any atom is 0.0426 e. The van der Waals surface area contributed by atoms with Crippen molar-refractivity contribution in [3.63, 3.8) is 0 Å². The van der Waals surface area contributed by atoms with Crippen molar-refractivity contribution in [1.82, 2.24) is 0 Å². The van der Waals surface area contributed by atoms with E-state index in [0.29, 0.717) is 0 Å². The van der Waals surface area contributed by atoms with Crippen LogP contribution < -0.4 is 5.32 Å². The molecule has 0 fully saturated rings. The maximum atomic E-state index is 3.73. The van der Waals surface area contributed by atoms with Crippen molar-refractivity contribution in [1.29, 1.82) is 0 Å². The molecule has 3 rings (SSSR count). The minimum Gasteiger partial charge on any atom is -0.385 e. The predicted octanol–water partition coefficient (Wildman–Crippen LogP) is 8.84. The minimum atomic E-state index is 1.05. The Morgan fingerprint density at radius 3 is 1.93 bits per heavy atom. The quantitative estimate of drug-likeness (QED) is 0.289. The summed E-state index contributed by atoms with van der Waals surface area (Å²) in [4.78, 5) is 0. The van der Waals surface area contributed by atoms with Crippen LogP contribution in [0.25, 0.3) is 21.9 Å². The van der Waals surface area contributed by atoms with Gasteiger partial charge in [0.25, 0.3) is 0 Å². The number of hydrogen-bond donors (Lipinski definition) is 1. The molecule has 0 aromatic heterocycles. The van der Waals surface area contributed by atoms with Gasteiger partial charge in [0.2, 0.25) is 0 Å². The molecule has 1 N–H and O–H groups in total. The fourth-order valence-electron chi connectivity index (χ4n) is 4.17. The lowest BCUT2D eigenvalue weighted by atomic mass is 9.96. The molecule has 0 saturated heterocycles. The van der Waals surface area contributed by atoms with Crippen LogP contribution in [0.15, 0.2) is 66.7 Å². The minimum absolute atomic E-state index is 1.05. The Morgan fingerprint density at radius 1 is 0.586 bits per heavy atom. The number of nitrogens with one attached hydrogen (secondary N) is 1. The van der Waals surface area contributed by atoms with Gasteiger partial charge in [0.1, 0.15) is 0 Å². The Morgan fingerprint density at radius 2 is 1.21 bits per heavy atom. The normalized spacial score (nSPS) is 11.1. The monoisotopic (exact) mass is 387 g/mol. The summed E-state index contributed by atoms with van der Waals surface area (Å²) in [7, 11) is 0. The van der Waals surface area contributed by atoms with Crippen molar-refractivity contribution < 1.29 is 0 Å². The summed E-state index contributed by atoms with van der Waals surface area (Å²) >= 11 is 0. The third-order valence-corrected chi connectivity index (χ3v) is 5.84.